The zero-order valence-corrected chi connectivity index (χ0v) is 15.2. The number of carbonyl (C=O) groups is 4. The second kappa shape index (κ2) is 7.73. The van der Waals surface area contributed by atoms with E-state index in [9.17, 15) is 19.2 Å². The van der Waals surface area contributed by atoms with Crippen LogP contribution in [0.4, 0.5) is 0 Å². The topological polar surface area (TPSA) is 90.0 Å². The number of amides is 2. The average Bonchev–Trinajstić information content (AvgIpc) is 2.96. The molecular weight excluding hydrogens is 350 g/mol. The third-order valence-electron chi connectivity index (χ3n) is 5.00. The number of hydrogen-bond acceptors (Lipinski definition) is 6. The van der Waals surface area contributed by atoms with Crippen LogP contribution in [0.25, 0.3) is 0 Å². The van der Waals surface area contributed by atoms with E-state index < -0.39 is 18.0 Å². The van der Waals surface area contributed by atoms with Crippen molar-refractivity contribution < 1.29 is 28.7 Å². The van der Waals surface area contributed by atoms with E-state index in [1.165, 1.54) is 14.0 Å². The second-order valence-electron chi connectivity index (χ2n) is 6.68. The molecular formula is C20H21NO6. The van der Waals surface area contributed by atoms with Crippen LogP contribution in [0, 0.1) is 11.8 Å². The molecule has 7 nitrogen and oxygen atoms in total. The Bertz CT molecular complexity index is 788. The fourth-order valence-corrected chi connectivity index (χ4v) is 3.49. The summed E-state index contributed by atoms with van der Waals surface area (Å²) in [5.74, 6) is -2.53. The van der Waals surface area contributed by atoms with Crippen molar-refractivity contribution in [1.29, 1.82) is 0 Å². The summed E-state index contributed by atoms with van der Waals surface area (Å²) in [6.07, 6.45) is 4.84. The maximum Gasteiger partial charge on any atom is 0.337 e. The van der Waals surface area contributed by atoms with Gasteiger partial charge in [0.15, 0.2) is 0 Å². The lowest BCUT2D eigenvalue weighted by Crippen LogP contribution is -2.44. The van der Waals surface area contributed by atoms with Gasteiger partial charge in [-0.3, -0.25) is 14.5 Å². The highest BCUT2D eigenvalue weighted by Gasteiger charge is 2.50. The van der Waals surface area contributed by atoms with Gasteiger partial charge in [-0.25, -0.2) is 9.59 Å². The first-order chi connectivity index (χ1) is 12.9. The first kappa shape index (κ1) is 18.8. The Morgan fingerprint density at radius 1 is 1.15 bits per heavy atom. The normalized spacial score (nSPS) is 22.4. The van der Waals surface area contributed by atoms with E-state index in [1.807, 2.05) is 12.2 Å². The number of carbonyl (C=O) groups excluding carboxylic acids is 4. The number of imide groups is 1. The summed E-state index contributed by atoms with van der Waals surface area (Å²) in [5, 5.41) is 0. The SMILES string of the molecule is COC(=O)c1cccc(COC(=O)[C@H](C)N2C(=O)[C@H]3CC=CC[C@@H]3C2=O)c1. The van der Waals surface area contributed by atoms with Gasteiger partial charge in [0.2, 0.25) is 11.8 Å². The van der Waals surface area contributed by atoms with Crippen LogP contribution in [0.5, 0.6) is 0 Å². The molecule has 7 heteroatoms. The number of ether oxygens (including phenoxy) is 2. The number of fused-ring (bicyclic) bond motifs is 1. The van der Waals surface area contributed by atoms with Gasteiger partial charge in [-0.2, -0.15) is 0 Å². The minimum atomic E-state index is -0.987. The second-order valence-corrected chi connectivity index (χ2v) is 6.68. The molecule has 0 saturated carbocycles. The lowest BCUT2D eigenvalue weighted by molar-refractivity contribution is -0.159. The van der Waals surface area contributed by atoms with Gasteiger partial charge in [-0.15, -0.1) is 0 Å². The van der Waals surface area contributed by atoms with Crippen molar-refractivity contribution in [2.24, 2.45) is 11.8 Å². The lowest BCUT2D eigenvalue weighted by atomic mass is 9.85. The predicted molar refractivity (Wildman–Crippen MR) is 94.2 cm³/mol. The molecule has 0 N–H and O–H groups in total. The van der Waals surface area contributed by atoms with Gasteiger partial charge in [0.25, 0.3) is 0 Å². The number of methoxy groups -OCH3 is 1. The molecule has 142 valence electrons. The number of hydrogen-bond donors (Lipinski definition) is 0. The first-order valence-electron chi connectivity index (χ1n) is 8.80. The maximum absolute atomic E-state index is 12.5. The standard InChI is InChI=1S/C20H21NO6/c1-12(21-17(22)15-8-3-4-9-16(15)18(21)23)19(24)27-11-13-6-5-7-14(10-13)20(25)26-2/h3-7,10,12,15-16H,8-9,11H2,1-2H3/t12-,15-,16-/m0/s1. The third-order valence-corrected chi connectivity index (χ3v) is 5.00. The van der Waals surface area contributed by atoms with Crippen molar-refractivity contribution in [2.75, 3.05) is 7.11 Å². The number of allylic oxidation sites excluding steroid dienone is 2. The van der Waals surface area contributed by atoms with Gasteiger partial charge in [-0.1, -0.05) is 24.3 Å². The molecule has 0 radical (unpaired) electrons. The molecule has 0 spiro atoms. The minimum absolute atomic E-state index is 0.0708. The summed E-state index contributed by atoms with van der Waals surface area (Å²) in [6, 6.07) is 5.54. The summed E-state index contributed by atoms with van der Waals surface area (Å²) >= 11 is 0. The Morgan fingerprint density at radius 2 is 1.78 bits per heavy atom. The Balaban J connectivity index is 1.64. The van der Waals surface area contributed by atoms with Crippen molar-refractivity contribution in [3.63, 3.8) is 0 Å². The first-order valence-corrected chi connectivity index (χ1v) is 8.80. The molecule has 1 fully saturated rings. The highest BCUT2D eigenvalue weighted by molar-refractivity contribution is 6.08. The lowest BCUT2D eigenvalue weighted by Gasteiger charge is -2.21. The van der Waals surface area contributed by atoms with Crippen LogP contribution in [-0.2, 0) is 30.5 Å². The highest BCUT2D eigenvalue weighted by atomic mass is 16.5. The molecule has 0 aromatic heterocycles. The van der Waals surface area contributed by atoms with Crippen LogP contribution in [0.3, 0.4) is 0 Å². The summed E-state index contributed by atoms with van der Waals surface area (Å²) in [7, 11) is 1.29. The minimum Gasteiger partial charge on any atom is -0.465 e. The largest absolute Gasteiger partial charge is 0.465 e. The van der Waals surface area contributed by atoms with Crippen molar-refractivity contribution >= 4 is 23.8 Å². The molecule has 2 amide bonds. The number of likely N-dealkylation sites (tertiary alicyclic amines) is 1. The monoisotopic (exact) mass is 371 g/mol. The fourth-order valence-electron chi connectivity index (χ4n) is 3.49. The highest BCUT2D eigenvalue weighted by Crippen LogP contribution is 2.36. The Kier molecular flexibility index (Phi) is 5.39. The van der Waals surface area contributed by atoms with Gasteiger partial charge in [0.05, 0.1) is 24.5 Å². The van der Waals surface area contributed by atoms with Gasteiger partial charge < -0.3 is 9.47 Å². The van der Waals surface area contributed by atoms with Crippen LogP contribution in [0.1, 0.15) is 35.7 Å². The van der Waals surface area contributed by atoms with Crippen molar-refractivity contribution in [1.82, 2.24) is 4.90 Å². The van der Waals surface area contributed by atoms with E-state index >= 15 is 0 Å². The average molecular weight is 371 g/mol. The summed E-state index contributed by atoms with van der Waals surface area (Å²) in [5.41, 5.74) is 0.955. The van der Waals surface area contributed by atoms with E-state index in [0.29, 0.717) is 24.0 Å². The van der Waals surface area contributed by atoms with E-state index in [0.717, 1.165) is 4.90 Å². The molecule has 0 bridgehead atoms. The quantitative estimate of drug-likeness (QED) is 0.446. The number of esters is 2. The van der Waals surface area contributed by atoms with Crippen LogP contribution in [-0.4, -0.2) is 41.8 Å². The maximum atomic E-state index is 12.5. The number of benzene rings is 1. The van der Waals surface area contributed by atoms with Crippen LogP contribution in [0.2, 0.25) is 0 Å². The Labute approximate surface area is 156 Å². The van der Waals surface area contributed by atoms with Gasteiger partial charge in [0.1, 0.15) is 12.6 Å². The Morgan fingerprint density at radius 3 is 2.37 bits per heavy atom. The molecule has 27 heavy (non-hydrogen) atoms. The third kappa shape index (κ3) is 3.63. The summed E-state index contributed by atoms with van der Waals surface area (Å²) in [4.78, 5) is 50.1. The molecule has 1 saturated heterocycles. The molecule has 1 aliphatic heterocycles. The fraction of sp³-hybridized carbons (Fsp3) is 0.400. The molecule has 1 aliphatic carbocycles. The van der Waals surface area contributed by atoms with Gasteiger partial charge >= 0.3 is 11.9 Å². The van der Waals surface area contributed by atoms with Crippen molar-refractivity contribution in [3.8, 4) is 0 Å². The van der Waals surface area contributed by atoms with Crippen molar-refractivity contribution in [2.45, 2.75) is 32.4 Å². The van der Waals surface area contributed by atoms with Gasteiger partial charge in [-0.05, 0) is 37.5 Å². The number of rotatable bonds is 5. The summed E-state index contributed by atoms with van der Waals surface area (Å²) in [6.45, 7) is 1.42. The van der Waals surface area contributed by atoms with E-state index in [4.69, 9.17) is 4.74 Å². The summed E-state index contributed by atoms with van der Waals surface area (Å²) < 4.78 is 9.93. The molecule has 1 aromatic rings. The molecule has 3 atom stereocenters. The molecule has 1 aromatic carbocycles. The number of nitrogens with zero attached hydrogens (tertiary/aromatic N) is 1. The van der Waals surface area contributed by atoms with Crippen LogP contribution < -0.4 is 0 Å². The molecule has 0 unspecified atom stereocenters. The predicted octanol–water partition coefficient (Wildman–Crippen LogP) is 1.86. The van der Waals surface area contributed by atoms with E-state index in [1.54, 1.807) is 24.3 Å². The van der Waals surface area contributed by atoms with E-state index in [2.05, 4.69) is 4.74 Å². The van der Waals surface area contributed by atoms with Gasteiger partial charge in [0, 0.05) is 0 Å². The zero-order chi connectivity index (χ0) is 19.6. The molecule has 1 heterocycles. The Hall–Kier alpha value is -2.96. The smallest absolute Gasteiger partial charge is 0.337 e. The molecule has 3 rings (SSSR count). The zero-order valence-electron chi connectivity index (χ0n) is 15.2. The van der Waals surface area contributed by atoms with E-state index in [-0.39, 0.29) is 30.3 Å². The molecule has 2 aliphatic rings. The van der Waals surface area contributed by atoms with Crippen molar-refractivity contribution in [3.05, 3.63) is 47.5 Å². The van der Waals surface area contributed by atoms with Crippen LogP contribution >= 0.6 is 0 Å². The van der Waals surface area contributed by atoms with Crippen LogP contribution in [0.15, 0.2) is 36.4 Å².